The summed E-state index contributed by atoms with van der Waals surface area (Å²) in [5.41, 5.74) is -0.339. The summed E-state index contributed by atoms with van der Waals surface area (Å²) in [5.74, 6) is -1.43. The first-order valence-electron chi connectivity index (χ1n) is 10.2. The van der Waals surface area contributed by atoms with Gasteiger partial charge in [0, 0.05) is 11.6 Å². The first-order valence-corrected chi connectivity index (χ1v) is 11.6. The van der Waals surface area contributed by atoms with Crippen molar-refractivity contribution in [3.05, 3.63) is 93.0 Å². The van der Waals surface area contributed by atoms with Gasteiger partial charge in [0.15, 0.2) is 12.3 Å². The van der Waals surface area contributed by atoms with Crippen molar-refractivity contribution in [1.29, 1.82) is 0 Å². The van der Waals surface area contributed by atoms with Crippen LogP contribution in [0.25, 0.3) is 0 Å². The Kier molecular flexibility index (Phi) is 5.67. The maximum atomic E-state index is 13.1. The SMILES string of the molecule is Cc1cc(OCN2C(=O)c3c(C(C)C)cccc3S2(=O)=O)c(C(=O)c2ccccc2)c(=O)o1. The van der Waals surface area contributed by atoms with Gasteiger partial charge in [0.25, 0.3) is 15.9 Å². The van der Waals surface area contributed by atoms with Gasteiger partial charge in [0.05, 0.1) is 5.56 Å². The van der Waals surface area contributed by atoms with E-state index >= 15 is 0 Å². The molecule has 0 unspecified atom stereocenters. The molecule has 9 heteroatoms. The maximum Gasteiger partial charge on any atom is 0.351 e. The molecular formula is C24H21NO7S. The van der Waals surface area contributed by atoms with Crippen molar-refractivity contribution in [3.63, 3.8) is 0 Å². The number of fused-ring (bicyclic) bond motifs is 1. The maximum absolute atomic E-state index is 13.1. The van der Waals surface area contributed by atoms with Crippen LogP contribution in [-0.4, -0.2) is 31.1 Å². The number of benzene rings is 2. The summed E-state index contributed by atoms with van der Waals surface area (Å²) in [5, 5.41) is 0. The lowest BCUT2D eigenvalue weighted by atomic mass is 9.97. The molecule has 1 aliphatic rings. The van der Waals surface area contributed by atoms with Crippen molar-refractivity contribution < 1.29 is 27.2 Å². The second-order valence-corrected chi connectivity index (χ2v) is 9.72. The number of hydrogen-bond donors (Lipinski definition) is 0. The Labute approximate surface area is 190 Å². The number of carbonyl (C=O) groups excluding carboxylic acids is 2. The van der Waals surface area contributed by atoms with Gasteiger partial charge in [-0.2, -0.15) is 4.31 Å². The zero-order chi connectivity index (χ0) is 23.9. The van der Waals surface area contributed by atoms with E-state index in [0.717, 1.165) is 0 Å². The standard InChI is InChI=1S/C24H21NO7S/c1-14(2)17-10-7-11-19-20(17)23(27)25(33(19,29)30)13-31-18-12-15(3)32-24(28)21(18)22(26)16-8-5-4-6-9-16/h4-12,14H,13H2,1-3H3. The fourth-order valence-corrected chi connectivity index (χ4v) is 5.17. The predicted molar refractivity (Wildman–Crippen MR) is 119 cm³/mol. The molecule has 3 aromatic rings. The zero-order valence-electron chi connectivity index (χ0n) is 18.2. The summed E-state index contributed by atoms with van der Waals surface area (Å²) < 4.78 is 37.4. The van der Waals surface area contributed by atoms with E-state index in [2.05, 4.69) is 0 Å². The van der Waals surface area contributed by atoms with Crippen LogP contribution in [-0.2, 0) is 10.0 Å². The van der Waals surface area contributed by atoms with Gasteiger partial charge < -0.3 is 9.15 Å². The van der Waals surface area contributed by atoms with Crippen LogP contribution >= 0.6 is 0 Å². The minimum absolute atomic E-state index is 0.0727. The normalized spacial score (nSPS) is 14.4. The van der Waals surface area contributed by atoms with E-state index < -0.39 is 34.1 Å². The van der Waals surface area contributed by atoms with Gasteiger partial charge in [0.1, 0.15) is 16.4 Å². The summed E-state index contributed by atoms with van der Waals surface area (Å²) in [4.78, 5) is 38.4. The third-order valence-corrected chi connectivity index (χ3v) is 7.08. The van der Waals surface area contributed by atoms with Crippen molar-refractivity contribution >= 4 is 21.7 Å². The number of ether oxygens (including phenoxy) is 1. The topological polar surface area (TPSA) is 111 Å². The van der Waals surface area contributed by atoms with Crippen LogP contribution in [0.5, 0.6) is 5.75 Å². The van der Waals surface area contributed by atoms with Crippen LogP contribution in [0.15, 0.2) is 68.7 Å². The molecule has 1 amide bonds. The van der Waals surface area contributed by atoms with E-state index in [9.17, 15) is 22.8 Å². The minimum Gasteiger partial charge on any atom is -0.471 e. The Morgan fingerprint density at radius 3 is 2.42 bits per heavy atom. The molecule has 0 fully saturated rings. The number of ketones is 1. The highest BCUT2D eigenvalue weighted by Crippen LogP contribution is 2.35. The van der Waals surface area contributed by atoms with Crippen molar-refractivity contribution in [2.45, 2.75) is 31.6 Å². The molecule has 8 nitrogen and oxygen atoms in total. The molecule has 0 N–H and O–H groups in total. The average molecular weight is 467 g/mol. The number of sulfonamides is 1. The molecule has 0 saturated heterocycles. The number of carbonyl (C=O) groups is 2. The van der Waals surface area contributed by atoms with Gasteiger partial charge in [-0.05, 0) is 24.5 Å². The van der Waals surface area contributed by atoms with Gasteiger partial charge >= 0.3 is 5.63 Å². The van der Waals surface area contributed by atoms with Crippen LogP contribution < -0.4 is 10.4 Å². The molecule has 0 saturated carbocycles. The lowest BCUT2D eigenvalue weighted by molar-refractivity contribution is 0.0787. The lowest BCUT2D eigenvalue weighted by Crippen LogP contribution is -2.34. The van der Waals surface area contributed by atoms with Crippen molar-refractivity contribution in [1.82, 2.24) is 4.31 Å². The largest absolute Gasteiger partial charge is 0.471 e. The Morgan fingerprint density at radius 1 is 1.06 bits per heavy atom. The summed E-state index contributed by atoms with van der Waals surface area (Å²) in [7, 11) is -4.15. The smallest absolute Gasteiger partial charge is 0.351 e. The first kappa shape index (κ1) is 22.5. The van der Waals surface area contributed by atoms with E-state index in [-0.39, 0.29) is 39.0 Å². The van der Waals surface area contributed by atoms with E-state index in [0.29, 0.717) is 9.87 Å². The number of amides is 1. The number of rotatable bonds is 6. The number of nitrogens with zero attached hydrogens (tertiary/aromatic N) is 1. The lowest BCUT2D eigenvalue weighted by Gasteiger charge is -2.17. The Balaban J connectivity index is 1.71. The average Bonchev–Trinajstić information content (AvgIpc) is 2.97. The molecule has 1 aromatic heterocycles. The molecule has 0 atom stereocenters. The van der Waals surface area contributed by atoms with Crippen molar-refractivity contribution in [2.24, 2.45) is 0 Å². The second kappa shape index (κ2) is 8.32. The van der Waals surface area contributed by atoms with E-state index in [4.69, 9.17) is 9.15 Å². The molecule has 4 rings (SSSR count). The molecular weight excluding hydrogens is 446 g/mol. The molecule has 33 heavy (non-hydrogen) atoms. The van der Waals surface area contributed by atoms with E-state index in [1.165, 1.54) is 31.2 Å². The van der Waals surface area contributed by atoms with Gasteiger partial charge in [-0.15, -0.1) is 0 Å². The molecule has 0 spiro atoms. The first-order chi connectivity index (χ1) is 15.6. The van der Waals surface area contributed by atoms with Gasteiger partial charge in [-0.3, -0.25) is 9.59 Å². The Bertz CT molecular complexity index is 1420. The van der Waals surface area contributed by atoms with Crippen LogP contribution in [0.3, 0.4) is 0 Å². The molecule has 0 radical (unpaired) electrons. The Hall–Kier alpha value is -3.72. The highest BCUT2D eigenvalue weighted by atomic mass is 32.2. The third-order valence-electron chi connectivity index (χ3n) is 5.33. The number of aryl methyl sites for hydroxylation is 1. The van der Waals surface area contributed by atoms with E-state index in [1.807, 2.05) is 13.8 Å². The number of hydrogen-bond acceptors (Lipinski definition) is 7. The fourth-order valence-electron chi connectivity index (χ4n) is 3.72. The molecule has 1 aliphatic heterocycles. The minimum atomic E-state index is -4.15. The van der Waals surface area contributed by atoms with Crippen LogP contribution in [0, 0.1) is 6.92 Å². The second-order valence-electron chi connectivity index (χ2n) is 7.89. The summed E-state index contributed by atoms with van der Waals surface area (Å²) in [6.45, 7) is 4.52. The quantitative estimate of drug-likeness (QED) is 0.510. The highest BCUT2D eigenvalue weighted by Gasteiger charge is 2.43. The van der Waals surface area contributed by atoms with Gasteiger partial charge in [-0.25, -0.2) is 13.2 Å². The predicted octanol–water partition coefficient (Wildman–Crippen LogP) is 3.48. The van der Waals surface area contributed by atoms with Crippen molar-refractivity contribution in [2.75, 3.05) is 6.73 Å². The third kappa shape index (κ3) is 3.84. The van der Waals surface area contributed by atoms with Crippen LogP contribution in [0.2, 0.25) is 0 Å². The fraction of sp³-hybridized carbons (Fsp3) is 0.208. The van der Waals surface area contributed by atoms with Gasteiger partial charge in [0.2, 0.25) is 5.78 Å². The van der Waals surface area contributed by atoms with Crippen LogP contribution in [0.4, 0.5) is 0 Å². The van der Waals surface area contributed by atoms with Gasteiger partial charge in [-0.1, -0.05) is 56.3 Å². The summed E-state index contributed by atoms with van der Waals surface area (Å²) in [6.07, 6.45) is 0. The molecule has 170 valence electrons. The molecule has 2 heterocycles. The van der Waals surface area contributed by atoms with E-state index in [1.54, 1.807) is 30.3 Å². The zero-order valence-corrected chi connectivity index (χ0v) is 19.0. The highest BCUT2D eigenvalue weighted by molar-refractivity contribution is 7.90. The van der Waals surface area contributed by atoms with Crippen molar-refractivity contribution in [3.8, 4) is 5.75 Å². The monoisotopic (exact) mass is 467 g/mol. The molecule has 0 bridgehead atoms. The Morgan fingerprint density at radius 2 is 1.76 bits per heavy atom. The molecule has 2 aromatic carbocycles. The molecule has 0 aliphatic carbocycles. The summed E-state index contributed by atoms with van der Waals surface area (Å²) in [6, 6.07) is 14.1. The van der Waals surface area contributed by atoms with Crippen LogP contribution in [0.1, 0.15) is 57.4 Å². The summed E-state index contributed by atoms with van der Waals surface area (Å²) >= 11 is 0.